The van der Waals surface area contributed by atoms with E-state index in [-0.39, 0.29) is 0 Å². The second kappa shape index (κ2) is 7.67. The lowest BCUT2D eigenvalue weighted by molar-refractivity contribution is 1.51. The predicted octanol–water partition coefficient (Wildman–Crippen LogP) is 4.64. The van der Waals surface area contributed by atoms with E-state index in [1.165, 1.54) is 13.8 Å². The first kappa shape index (κ1) is 12.5. The molecule has 2 heteroatoms. The molecule has 2 rings (SSSR count). The average Bonchev–Trinajstić information content (AvgIpc) is 2.41. The SMILES string of the molecule is C=Cc1ccpcc1.CNc1ccccc1. The van der Waals surface area contributed by atoms with Crippen LogP contribution in [0.2, 0.25) is 0 Å². The third kappa shape index (κ3) is 4.77. The molecule has 0 spiro atoms. The van der Waals surface area contributed by atoms with E-state index in [4.69, 9.17) is 0 Å². The molecule has 16 heavy (non-hydrogen) atoms. The Labute approximate surface area is 98.9 Å². The lowest BCUT2D eigenvalue weighted by Crippen LogP contribution is -1.84. The normalized spacial score (nSPS) is 8.56. The molecule has 1 nitrogen and oxygen atoms in total. The number of rotatable bonds is 2. The molecule has 0 aliphatic heterocycles. The van der Waals surface area contributed by atoms with Gasteiger partial charge in [0.2, 0.25) is 0 Å². The van der Waals surface area contributed by atoms with Crippen molar-refractivity contribution in [2.24, 2.45) is 0 Å². The van der Waals surface area contributed by atoms with Crippen LogP contribution in [0, 0.1) is 0 Å². The Kier molecular flexibility index (Phi) is 5.98. The fourth-order valence-corrected chi connectivity index (χ4v) is 1.72. The van der Waals surface area contributed by atoms with E-state index in [2.05, 4.69) is 35.6 Å². The van der Waals surface area contributed by atoms with Crippen LogP contribution in [0.15, 0.2) is 60.6 Å². The van der Waals surface area contributed by atoms with Crippen LogP contribution in [0.25, 0.3) is 6.08 Å². The van der Waals surface area contributed by atoms with Crippen molar-refractivity contribution < 1.29 is 0 Å². The topological polar surface area (TPSA) is 12.0 Å². The second-order valence-corrected chi connectivity index (χ2v) is 4.00. The molecular weight excluding hydrogens is 213 g/mol. The first-order valence-corrected chi connectivity index (χ1v) is 6.15. The Morgan fingerprint density at radius 3 is 2.06 bits per heavy atom. The number of para-hydroxylation sites is 1. The van der Waals surface area contributed by atoms with Gasteiger partial charge in [-0.1, -0.05) is 51.2 Å². The van der Waals surface area contributed by atoms with Gasteiger partial charge in [-0.2, -0.15) is 0 Å². The van der Waals surface area contributed by atoms with Crippen molar-refractivity contribution in [2.75, 3.05) is 12.4 Å². The third-order valence-electron chi connectivity index (χ3n) is 2.00. The van der Waals surface area contributed by atoms with Crippen LogP contribution >= 0.6 is 8.19 Å². The number of hydrogen-bond acceptors (Lipinski definition) is 1. The highest BCUT2D eigenvalue weighted by Crippen LogP contribution is 2.06. The van der Waals surface area contributed by atoms with Crippen LogP contribution in [0.4, 0.5) is 5.69 Å². The zero-order chi connectivity index (χ0) is 11.6. The van der Waals surface area contributed by atoms with Crippen LogP contribution < -0.4 is 5.32 Å². The molecule has 0 aliphatic rings. The highest BCUT2D eigenvalue weighted by molar-refractivity contribution is 7.28. The number of benzene rings is 1. The molecule has 0 saturated heterocycles. The van der Waals surface area contributed by atoms with Gasteiger partial charge in [0.15, 0.2) is 0 Å². The predicted molar refractivity (Wildman–Crippen MR) is 75.0 cm³/mol. The summed E-state index contributed by atoms with van der Waals surface area (Å²) in [5.74, 6) is 4.19. The maximum absolute atomic E-state index is 3.64. The van der Waals surface area contributed by atoms with Gasteiger partial charge in [0.05, 0.1) is 0 Å². The smallest absolute Gasteiger partial charge is 0.0337 e. The van der Waals surface area contributed by atoms with Gasteiger partial charge in [-0.05, 0) is 29.3 Å². The van der Waals surface area contributed by atoms with Gasteiger partial charge in [-0.25, -0.2) is 0 Å². The van der Waals surface area contributed by atoms with E-state index >= 15 is 0 Å². The number of anilines is 1. The summed E-state index contributed by atoms with van der Waals surface area (Å²) in [6.07, 6.45) is 1.85. The van der Waals surface area contributed by atoms with Gasteiger partial charge in [0.1, 0.15) is 0 Å². The minimum Gasteiger partial charge on any atom is -0.388 e. The Morgan fingerprint density at radius 1 is 1.06 bits per heavy atom. The summed E-state index contributed by atoms with van der Waals surface area (Å²) in [6.45, 7) is 3.64. The molecule has 0 fully saturated rings. The Balaban J connectivity index is 0.000000160. The Bertz CT molecular complexity index is 398. The molecular formula is C14H16NP. The fourth-order valence-electron chi connectivity index (χ4n) is 1.10. The van der Waals surface area contributed by atoms with Crippen LogP contribution in [-0.4, -0.2) is 7.05 Å². The van der Waals surface area contributed by atoms with Crippen molar-refractivity contribution in [3.8, 4) is 0 Å². The monoisotopic (exact) mass is 229 g/mol. The molecule has 1 N–H and O–H groups in total. The van der Waals surface area contributed by atoms with E-state index in [0.29, 0.717) is 0 Å². The Morgan fingerprint density at radius 2 is 1.69 bits per heavy atom. The van der Waals surface area contributed by atoms with Crippen molar-refractivity contribution in [2.45, 2.75) is 0 Å². The summed E-state index contributed by atoms with van der Waals surface area (Å²) in [5, 5.41) is 3.03. The quantitative estimate of drug-likeness (QED) is 0.791. The van der Waals surface area contributed by atoms with Gasteiger partial charge >= 0.3 is 0 Å². The van der Waals surface area contributed by atoms with Gasteiger partial charge in [-0.15, -0.1) is 0 Å². The van der Waals surface area contributed by atoms with E-state index in [0.717, 1.165) is 5.69 Å². The molecule has 82 valence electrons. The molecule has 0 unspecified atom stereocenters. The van der Waals surface area contributed by atoms with E-state index in [1.54, 1.807) is 0 Å². The maximum Gasteiger partial charge on any atom is 0.0337 e. The minimum atomic E-state index is 1.16. The van der Waals surface area contributed by atoms with E-state index in [9.17, 15) is 0 Å². The van der Waals surface area contributed by atoms with Crippen molar-refractivity contribution in [3.05, 3.63) is 66.2 Å². The Hall–Kier alpha value is -1.59. The lowest BCUT2D eigenvalue weighted by atomic mass is 10.3. The van der Waals surface area contributed by atoms with E-state index in [1.807, 2.05) is 43.5 Å². The zero-order valence-corrected chi connectivity index (χ0v) is 10.3. The van der Waals surface area contributed by atoms with Gasteiger partial charge in [0, 0.05) is 12.7 Å². The van der Waals surface area contributed by atoms with Crippen molar-refractivity contribution in [1.29, 1.82) is 0 Å². The summed E-state index contributed by atoms with van der Waals surface area (Å²) in [6, 6.07) is 14.2. The fraction of sp³-hybridized carbons (Fsp3) is 0.0714. The summed E-state index contributed by atoms with van der Waals surface area (Å²) in [4.78, 5) is 0. The standard InChI is InChI=1S/C7H9N.C7H7P/c1-8-7-5-3-2-4-6-7;1-2-7-3-5-8-6-4-7/h2-6,8H,1H3;2-6H,1H2. The molecule has 0 bridgehead atoms. The minimum absolute atomic E-state index is 1.16. The van der Waals surface area contributed by atoms with Crippen LogP contribution in [0.1, 0.15) is 5.56 Å². The highest BCUT2D eigenvalue weighted by Gasteiger charge is 1.78. The third-order valence-corrected chi connectivity index (χ3v) is 2.65. The summed E-state index contributed by atoms with van der Waals surface area (Å²) < 4.78 is 0. The lowest BCUT2D eigenvalue weighted by Gasteiger charge is -1.94. The second-order valence-electron chi connectivity index (χ2n) is 3.10. The van der Waals surface area contributed by atoms with Crippen LogP contribution in [0.3, 0.4) is 0 Å². The molecule has 1 heterocycles. The van der Waals surface area contributed by atoms with Crippen molar-refractivity contribution in [1.82, 2.24) is 0 Å². The van der Waals surface area contributed by atoms with E-state index < -0.39 is 0 Å². The average molecular weight is 229 g/mol. The zero-order valence-electron chi connectivity index (χ0n) is 9.43. The molecule has 2 aromatic rings. The summed E-state index contributed by atoms with van der Waals surface area (Å²) in [7, 11) is 3.18. The summed E-state index contributed by atoms with van der Waals surface area (Å²) in [5.41, 5.74) is 2.36. The molecule has 1 aromatic heterocycles. The first-order chi connectivity index (χ1) is 7.86. The highest BCUT2D eigenvalue weighted by atomic mass is 31.0. The van der Waals surface area contributed by atoms with Crippen LogP contribution in [-0.2, 0) is 0 Å². The molecule has 0 atom stereocenters. The molecule has 0 radical (unpaired) electrons. The molecule has 0 amide bonds. The van der Waals surface area contributed by atoms with Gasteiger partial charge in [-0.3, -0.25) is 0 Å². The number of hydrogen-bond donors (Lipinski definition) is 1. The van der Waals surface area contributed by atoms with Crippen molar-refractivity contribution >= 4 is 20.0 Å². The molecule has 1 aromatic carbocycles. The molecule has 0 saturated carbocycles. The van der Waals surface area contributed by atoms with Crippen molar-refractivity contribution in [3.63, 3.8) is 0 Å². The van der Waals surface area contributed by atoms with Gasteiger partial charge < -0.3 is 5.32 Å². The summed E-state index contributed by atoms with van der Waals surface area (Å²) >= 11 is 0. The maximum atomic E-state index is 3.64. The molecule has 0 aliphatic carbocycles. The van der Waals surface area contributed by atoms with Gasteiger partial charge in [0.25, 0.3) is 0 Å². The first-order valence-electron chi connectivity index (χ1n) is 5.12. The van der Waals surface area contributed by atoms with Crippen LogP contribution in [0.5, 0.6) is 0 Å². The largest absolute Gasteiger partial charge is 0.388 e. The number of nitrogens with one attached hydrogen (secondary N) is 1.